The van der Waals surface area contributed by atoms with Gasteiger partial charge in [0.05, 0.1) is 24.5 Å². The van der Waals surface area contributed by atoms with Gasteiger partial charge in [0.2, 0.25) is 0 Å². The summed E-state index contributed by atoms with van der Waals surface area (Å²) in [6.07, 6.45) is 8.33. The number of aromatic amines is 1. The fourth-order valence-electron chi connectivity index (χ4n) is 4.05. The molecule has 0 bridgehead atoms. The molecule has 0 spiro atoms. The Labute approximate surface area is 246 Å². The number of halogens is 3. The number of hydrogen-bond donors (Lipinski definition) is 3. The molecule has 1 aliphatic heterocycles. The maximum absolute atomic E-state index is 12.4. The van der Waals surface area contributed by atoms with Crippen molar-refractivity contribution in [3.8, 4) is 11.3 Å². The summed E-state index contributed by atoms with van der Waals surface area (Å²) in [4.78, 5) is 38.0. The van der Waals surface area contributed by atoms with E-state index >= 15 is 0 Å². The van der Waals surface area contributed by atoms with Gasteiger partial charge >= 0.3 is 6.03 Å². The average molecular weight is 597 g/mol. The number of nitrogens with one attached hydrogen (secondary N) is 3. The maximum atomic E-state index is 12.4. The highest BCUT2D eigenvalue weighted by atomic mass is 35.5. The molecule has 2 aliphatic rings. The first-order valence-corrected chi connectivity index (χ1v) is 13.8. The third kappa shape index (κ3) is 7.65. The summed E-state index contributed by atoms with van der Waals surface area (Å²) in [6.45, 7) is 7.08. The minimum atomic E-state index is -1.11. The van der Waals surface area contributed by atoms with E-state index in [0.29, 0.717) is 58.5 Å². The van der Waals surface area contributed by atoms with Crippen molar-refractivity contribution in [3.63, 3.8) is 0 Å². The first kappa shape index (κ1) is 30.5. The minimum absolute atomic E-state index is 0.301. The highest BCUT2D eigenvalue weighted by Crippen LogP contribution is 2.34. The molecule has 4 heterocycles. The molecule has 13 heteroatoms. The van der Waals surface area contributed by atoms with E-state index in [1.807, 2.05) is 39.0 Å². The lowest BCUT2D eigenvalue weighted by Gasteiger charge is -2.17. The van der Waals surface area contributed by atoms with Gasteiger partial charge in [-0.2, -0.15) is 0 Å². The number of allylic oxidation sites excluding steroid dienone is 4. The van der Waals surface area contributed by atoms with E-state index in [9.17, 15) is 13.6 Å². The molecule has 10 nitrogen and oxygen atoms in total. The van der Waals surface area contributed by atoms with Crippen LogP contribution in [0.1, 0.15) is 32.3 Å². The third-order valence-electron chi connectivity index (χ3n) is 6.03. The van der Waals surface area contributed by atoms with Gasteiger partial charge in [-0.1, -0.05) is 37.6 Å². The first-order valence-electron chi connectivity index (χ1n) is 13.4. The van der Waals surface area contributed by atoms with E-state index in [0.717, 1.165) is 23.7 Å². The molecule has 1 aliphatic carbocycles. The molecule has 6 rings (SSSR count). The van der Waals surface area contributed by atoms with E-state index in [4.69, 9.17) is 16.4 Å². The first-order chi connectivity index (χ1) is 20.4. The molecule has 1 atom stereocenters. The molecule has 3 N–H and O–H groups in total. The summed E-state index contributed by atoms with van der Waals surface area (Å²) in [5, 5.41) is 8.01. The normalized spacial score (nSPS) is 15.7. The molecule has 1 aromatic carbocycles. The van der Waals surface area contributed by atoms with Gasteiger partial charge < -0.3 is 15.6 Å². The molecular formula is C29H31ClF2N8O2. The summed E-state index contributed by atoms with van der Waals surface area (Å²) >= 11 is 6.25. The van der Waals surface area contributed by atoms with Crippen molar-refractivity contribution >= 4 is 46.0 Å². The molecule has 42 heavy (non-hydrogen) atoms. The molecule has 0 saturated carbocycles. The summed E-state index contributed by atoms with van der Waals surface area (Å²) < 4.78 is 24.0. The van der Waals surface area contributed by atoms with E-state index in [2.05, 4.69) is 35.6 Å². The minimum Gasteiger partial charge on any atom is -0.341 e. The zero-order valence-electron chi connectivity index (χ0n) is 23.4. The maximum Gasteiger partial charge on any atom is 0.345 e. The molecule has 4 aromatic rings. The van der Waals surface area contributed by atoms with Gasteiger partial charge in [0.15, 0.2) is 5.65 Å². The van der Waals surface area contributed by atoms with E-state index in [1.54, 1.807) is 18.6 Å². The number of amides is 2. The zero-order valence-corrected chi connectivity index (χ0v) is 24.1. The summed E-state index contributed by atoms with van der Waals surface area (Å²) in [5.74, 6) is 0.0854. The zero-order chi connectivity index (χ0) is 30.1. The number of nitrogens with zero attached hydrogens (tertiary/aromatic N) is 5. The lowest BCUT2D eigenvalue weighted by molar-refractivity contribution is -0.0614. The van der Waals surface area contributed by atoms with Crippen molar-refractivity contribution in [2.45, 2.75) is 39.8 Å². The standard InChI is InChI=1S/C21H19ClN8O2.C6H6F2.C2H6/c1-12-3-4-14(28-21(31)30-5-2-6-32-30)8-16(12)29-19-15(7-13(22)9-23-19)17-18-20(26-10-24-17)27-11-25-18;7-5-2-1-3-6(8)4-5;1-2/h3-4,7-11H,2,5-6H2,1H3,(H,23,29)(H,28,31)(H,24,25,26,27);1-2,4,6H,3H2;1-2H3. The van der Waals surface area contributed by atoms with Crippen molar-refractivity contribution in [2.24, 2.45) is 0 Å². The Balaban J connectivity index is 0.000000347. The highest BCUT2D eigenvalue weighted by molar-refractivity contribution is 6.30. The Hall–Kier alpha value is -4.42. The van der Waals surface area contributed by atoms with Gasteiger partial charge in [0.25, 0.3) is 0 Å². The van der Waals surface area contributed by atoms with Crippen LogP contribution in [0, 0.1) is 6.92 Å². The van der Waals surface area contributed by atoms with Crippen molar-refractivity contribution in [1.29, 1.82) is 0 Å². The van der Waals surface area contributed by atoms with Crippen molar-refractivity contribution in [2.75, 3.05) is 23.8 Å². The fraction of sp³-hybridized carbons (Fsp3) is 0.276. The Bertz CT molecular complexity index is 1590. The quantitative estimate of drug-likeness (QED) is 0.224. The average Bonchev–Trinajstić information content (AvgIpc) is 3.70. The van der Waals surface area contributed by atoms with E-state index in [-0.39, 0.29) is 6.03 Å². The lowest BCUT2D eigenvalue weighted by Crippen LogP contribution is -2.31. The van der Waals surface area contributed by atoms with Crippen LogP contribution in [0.5, 0.6) is 0 Å². The molecule has 0 radical (unpaired) electrons. The Kier molecular flexibility index (Phi) is 10.5. The molecule has 220 valence electrons. The second kappa shape index (κ2) is 14.5. The van der Waals surface area contributed by atoms with E-state index < -0.39 is 12.0 Å². The predicted octanol–water partition coefficient (Wildman–Crippen LogP) is 7.45. The van der Waals surface area contributed by atoms with Crippen LogP contribution in [0.3, 0.4) is 0 Å². The number of H-pyrrole nitrogens is 1. The molecule has 3 aromatic heterocycles. The number of hydroxylamine groups is 2. The highest BCUT2D eigenvalue weighted by Gasteiger charge is 2.20. The van der Waals surface area contributed by atoms with Crippen LogP contribution in [0.2, 0.25) is 5.02 Å². The number of imidazole rings is 1. The number of fused-ring (bicyclic) bond motifs is 1. The van der Waals surface area contributed by atoms with Gasteiger partial charge in [-0.15, -0.1) is 0 Å². The number of anilines is 3. The lowest BCUT2D eigenvalue weighted by atomic mass is 10.1. The van der Waals surface area contributed by atoms with Gasteiger partial charge in [-0.05, 0) is 49.3 Å². The molecule has 1 fully saturated rings. The monoisotopic (exact) mass is 596 g/mol. The number of aromatic nitrogens is 5. The van der Waals surface area contributed by atoms with Crippen molar-refractivity contribution in [1.82, 2.24) is 30.0 Å². The molecular weight excluding hydrogens is 566 g/mol. The summed E-state index contributed by atoms with van der Waals surface area (Å²) in [7, 11) is 0. The Morgan fingerprint density at radius 2 is 2.02 bits per heavy atom. The number of pyridine rings is 1. The molecule has 1 unspecified atom stereocenters. The number of aryl methyl sites for hydroxylation is 1. The molecule has 2 amide bonds. The number of hydrogen-bond acceptors (Lipinski definition) is 7. The number of benzene rings is 1. The second-order valence-electron chi connectivity index (χ2n) is 8.95. The Morgan fingerprint density at radius 3 is 2.74 bits per heavy atom. The van der Waals surface area contributed by atoms with Crippen LogP contribution in [-0.4, -0.2) is 55.3 Å². The van der Waals surface area contributed by atoms with Crippen molar-refractivity contribution < 1.29 is 18.4 Å². The van der Waals surface area contributed by atoms with Crippen LogP contribution < -0.4 is 10.6 Å². The number of alkyl halides is 1. The van der Waals surface area contributed by atoms with Crippen LogP contribution >= 0.6 is 11.6 Å². The van der Waals surface area contributed by atoms with E-state index in [1.165, 1.54) is 23.5 Å². The number of carbonyl (C=O) groups is 1. The van der Waals surface area contributed by atoms with Crippen molar-refractivity contribution in [3.05, 3.63) is 77.8 Å². The third-order valence-corrected chi connectivity index (χ3v) is 6.24. The van der Waals surface area contributed by atoms with Crippen LogP contribution in [0.25, 0.3) is 22.4 Å². The number of urea groups is 1. The van der Waals surface area contributed by atoms with Crippen LogP contribution in [0.4, 0.5) is 30.8 Å². The predicted molar refractivity (Wildman–Crippen MR) is 160 cm³/mol. The number of rotatable bonds is 4. The fourth-order valence-corrected chi connectivity index (χ4v) is 4.21. The topological polar surface area (TPSA) is 121 Å². The van der Waals surface area contributed by atoms with Gasteiger partial charge in [-0.25, -0.2) is 38.6 Å². The number of carbonyl (C=O) groups excluding carboxylic acids is 1. The smallest absolute Gasteiger partial charge is 0.341 e. The molecule has 1 saturated heterocycles. The van der Waals surface area contributed by atoms with Gasteiger partial charge in [-0.3, -0.25) is 4.84 Å². The van der Waals surface area contributed by atoms with Crippen LogP contribution in [-0.2, 0) is 4.84 Å². The second-order valence-corrected chi connectivity index (χ2v) is 9.39. The largest absolute Gasteiger partial charge is 0.345 e. The van der Waals surface area contributed by atoms with Crippen LogP contribution in [0.15, 0.2) is 67.2 Å². The van der Waals surface area contributed by atoms with Gasteiger partial charge in [0, 0.05) is 29.6 Å². The Morgan fingerprint density at radius 1 is 1.19 bits per heavy atom. The summed E-state index contributed by atoms with van der Waals surface area (Å²) in [5.41, 5.74) is 4.92. The summed E-state index contributed by atoms with van der Waals surface area (Å²) in [6, 6.07) is 7.07. The SMILES string of the molecule is CC.Cc1ccc(NC(=O)N2CCCO2)cc1Nc1ncc(Cl)cc1-c1ncnc2nc[nH]c12.FC1=CC(F)CC=C1. The van der Waals surface area contributed by atoms with Gasteiger partial charge in [0.1, 0.15) is 35.4 Å².